The van der Waals surface area contributed by atoms with E-state index in [0.29, 0.717) is 72.9 Å². The number of fused-ring (bicyclic) bond motifs is 2. The standard InChI is InChI=1S/C55H64N4O12/c1-5-28-58(51(62)27-20-37-18-21-40(22-19-37)59(64)65)50-35-47(57-69-36-38-14-8-7-9-15-38)44-32-39(16-10-12-29-60)43(17-11-13-30-61)52-45-33-42(24-26-48(45)71-55(50,53(44)52)68-31-6-2)70-54(63)56-46-25-23-41(66-3)34-49(46)67-4/h6-9,14-15,18-27,32-34,39,43,50,52-53,60-61H,2,5,10-13,16-17,28-31,35-36H2,1,3-4H3,(H,56,63). The van der Waals surface area contributed by atoms with Gasteiger partial charge in [0.1, 0.15) is 35.6 Å². The van der Waals surface area contributed by atoms with Crippen LogP contribution in [0.3, 0.4) is 0 Å². The lowest BCUT2D eigenvalue weighted by Crippen LogP contribution is -2.70. The van der Waals surface area contributed by atoms with Gasteiger partial charge in [0.2, 0.25) is 11.7 Å². The van der Waals surface area contributed by atoms with Gasteiger partial charge in [-0.25, -0.2) is 4.79 Å². The first-order valence-electron chi connectivity index (χ1n) is 24.3. The second kappa shape index (κ2) is 24.7. The van der Waals surface area contributed by atoms with Crippen LogP contribution >= 0.6 is 0 Å². The number of aliphatic hydroxyl groups excluding tert-OH is 2. The number of amides is 2. The molecule has 4 aromatic carbocycles. The van der Waals surface area contributed by atoms with Crippen LogP contribution in [-0.4, -0.2) is 90.2 Å². The zero-order chi connectivity index (χ0) is 50.3. The molecule has 0 radical (unpaired) electrons. The van der Waals surface area contributed by atoms with E-state index in [1.54, 1.807) is 59.5 Å². The lowest BCUT2D eigenvalue weighted by atomic mass is 9.55. The molecule has 16 heteroatoms. The SMILES string of the molecule is C=CCOC12Oc3ccc(OC(=O)Nc4ccc(OC)cc4OC)cc3C3C(CCCCO)C(CCCCO)C=C(C(=NOCc4ccccc4)CC1N(CCC)C(=O)C=Cc1ccc([N+](=O)[O-])cc1)C32. The number of non-ortho nitro benzene ring substituents is 1. The molecule has 376 valence electrons. The number of methoxy groups -OCH3 is 2. The van der Waals surface area contributed by atoms with E-state index in [9.17, 15) is 29.9 Å². The van der Waals surface area contributed by atoms with Gasteiger partial charge in [0, 0.05) is 61.9 Å². The summed E-state index contributed by atoms with van der Waals surface area (Å²) in [6, 6.07) is 25.2. The number of hydrogen-bond acceptors (Lipinski definition) is 13. The van der Waals surface area contributed by atoms with Crippen molar-refractivity contribution in [2.45, 2.75) is 82.6 Å². The highest BCUT2D eigenvalue weighted by molar-refractivity contribution is 6.03. The Balaban J connectivity index is 1.39. The Morgan fingerprint density at radius 2 is 1.70 bits per heavy atom. The number of anilines is 1. The van der Waals surface area contributed by atoms with Gasteiger partial charge in [-0.15, -0.1) is 6.58 Å². The van der Waals surface area contributed by atoms with Crippen molar-refractivity contribution >= 4 is 35.2 Å². The topological polar surface area (TPSA) is 201 Å². The van der Waals surface area contributed by atoms with E-state index in [0.717, 1.165) is 29.5 Å². The molecule has 6 unspecified atom stereocenters. The van der Waals surface area contributed by atoms with Crippen LogP contribution in [0.4, 0.5) is 16.2 Å². The number of nitro benzene ring substituents is 1. The highest BCUT2D eigenvalue weighted by Gasteiger charge is 2.65. The van der Waals surface area contributed by atoms with Gasteiger partial charge in [-0.3, -0.25) is 20.2 Å². The number of ether oxygens (including phenoxy) is 5. The second-order valence-corrected chi connectivity index (χ2v) is 17.8. The van der Waals surface area contributed by atoms with Crippen molar-refractivity contribution in [1.82, 2.24) is 4.90 Å². The normalized spacial score (nSPS) is 21.5. The quantitative estimate of drug-likeness (QED) is 0.0198. The molecule has 2 amide bonds. The fourth-order valence-corrected chi connectivity index (χ4v) is 10.2. The lowest BCUT2D eigenvalue weighted by molar-refractivity contribution is -0.384. The molecule has 3 N–H and O–H groups in total. The van der Waals surface area contributed by atoms with Crippen molar-refractivity contribution in [2.75, 3.05) is 45.9 Å². The van der Waals surface area contributed by atoms with E-state index in [1.165, 1.54) is 32.4 Å². The maximum Gasteiger partial charge on any atom is 0.417 e. The summed E-state index contributed by atoms with van der Waals surface area (Å²) in [5, 5.41) is 39.1. The minimum absolute atomic E-state index is 0.0222. The third-order valence-corrected chi connectivity index (χ3v) is 13.4. The molecule has 0 saturated heterocycles. The minimum atomic E-state index is -1.53. The molecule has 0 spiro atoms. The number of aliphatic hydroxyl groups is 2. The maximum atomic E-state index is 14.9. The third-order valence-electron chi connectivity index (χ3n) is 13.4. The van der Waals surface area contributed by atoms with Crippen molar-refractivity contribution in [1.29, 1.82) is 0 Å². The van der Waals surface area contributed by atoms with Gasteiger partial charge in [0.05, 0.1) is 43.1 Å². The predicted octanol–water partition coefficient (Wildman–Crippen LogP) is 10.0. The van der Waals surface area contributed by atoms with Crippen LogP contribution in [0.15, 0.2) is 127 Å². The summed E-state index contributed by atoms with van der Waals surface area (Å²) in [7, 11) is 3.03. The third kappa shape index (κ3) is 12.1. The molecule has 3 aliphatic rings. The number of carbonyl (C=O) groups is 2. The van der Waals surface area contributed by atoms with E-state index in [1.807, 2.05) is 43.3 Å². The van der Waals surface area contributed by atoms with E-state index in [4.69, 9.17) is 33.7 Å². The number of nitro groups is 1. The summed E-state index contributed by atoms with van der Waals surface area (Å²) in [5.41, 5.74) is 4.08. The van der Waals surface area contributed by atoms with Gasteiger partial charge in [-0.1, -0.05) is 67.4 Å². The first kappa shape index (κ1) is 51.8. The van der Waals surface area contributed by atoms with Gasteiger partial charge >= 0.3 is 6.09 Å². The highest BCUT2D eigenvalue weighted by atomic mass is 16.7. The van der Waals surface area contributed by atoms with Crippen molar-refractivity contribution in [3.63, 3.8) is 0 Å². The number of rotatable bonds is 24. The first-order valence-corrected chi connectivity index (χ1v) is 24.3. The Bertz CT molecular complexity index is 2570. The Labute approximate surface area is 414 Å². The van der Waals surface area contributed by atoms with E-state index in [-0.39, 0.29) is 67.9 Å². The summed E-state index contributed by atoms with van der Waals surface area (Å²) in [4.78, 5) is 47.4. The molecule has 2 aliphatic carbocycles. The minimum Gasteiger partial charge on any atom is -0.497 e. The summed E-state index contributed by atoms with van der Waals surface area (Å²) in [6.07, 6.45) is 11.1. The van der Waals surface area contributed by atoms with Crippen LogP contribution in [0.1, 0.15) is 80.9 Å². The fraction of sp³-hybridized carbons (Fsp3) is 0.400. The monoisotopic (exact) mass is 972 g/mol. The van der Waals surface area contributed by atoms with Crippen molar-refractivity contribution in [3.05, 3.63) is 148 Å². The molecule has 0 aromatic heterocycles. The van der Waals surface area contributed by atoms with Gasteiger partial charge < -0.3 is 43.6 Å². The van der Waals surface area contributed by atoms with Crippen LogP contribution in [0.2, 0.25) is 0 Å². The molecule has 1 heterocycles. The molecule has 0 bridgehead atoms. The van der Waals surface area contributed by atoms with E-state index < -0.39 is 28.8 Å². The summed E-state index contributed by atoms with van der Waals surface area (Å²) >= 11 is 0. The summed E-state index contributed by atoms with van der Waals surface area (Å²) in [5.74, 6) is -1.31. The van der Waals surface area contributed by atoms with Crippen LogP contribution < -0.4 is 24.3 Å². The Morgan fingerprint density at radius 1 is 0.958 bits per heavy atom. The van der Waals surface area contributed by atoms with Crippen LogP contribution in [0.5, 0.6) is 23.0 Å². The second-order valence-electron chi connectivity index (χ2n) is 17.8. The number of unbranched alkanes of at least 4 members (excludes halogenated alkanes) is 2. The zero-order valence-corrected chi connectivity index (χ0v) is 40.6. The number of nitrogens with one attached hydrogen (secondary N) is 1. The zero-order valence-electron chi connectivity index (χ0n) is 40.6. The van der Waals surface area contributed by atoms with Crippen LogP contribution in [0, 0.1) is 27.9 Å². The Hall–Kier alpha value is -7.01. The van der Waals surface area contributed by atoms with Crippen LogP contribution in [-0.2, 0) is 21.0 Å². The Morgan fingerprint density at radius 3 is 2.39 bits per heavy atom. The average Bonchev–Trinajstić information content (AvgIpc) is 3.38. The van der Waals surface area contributed by atoms with Crippen molar-refractivity contribution in [3.8, 4) is 23.0 Å². The molecule has 1 aliphatic heterocycles. The lowest BCUT2D eigenvalue weighted by Gasteiger charge is -2.60. The molecule has 6 atom stereocenters. The molecule has 71 heavy (non-hydrogen) atoms. The van der Waals surface area contributed by atoms with Crippen molar-refractivity contribution < 1.29 is 53.2 Å². The number of allylic oxidation sites excluding steroid dienone is 1. The van der Waals surface area contributed by atoms with Gasteiger partial charge in [0.25, 0.3) is 5.69 Å². The number of nitrogens with zero attached hydrogens (tertiary/aromatic N) is 3. The highest BCUT2D eigenvalue weighted by Crippen LogP contribution is 2.62. The number of benzene rings is 4. The first-order chi connectivity index (χ1) is 34.6. The smallest absolute Gasteiger partial charge is 0.417 e. The molecular weight excluding hydrogens is 909 g/mol. The Kier molecular flexibility index (Phi) is 18.0. The van der Waals surface area contributed by atoms with Gasteiger partial charge in [0.15, 0.2) is 0 Å². The molecule has 16 nitrogen and oxygen atoms in total. The predicted molar refractivity (Wildman–Crippen MR) is 270 cm³/mol. The van der Waals surface area contributed by atoms with Crippen molar-refractivity contribution in [2.24, 2.45) is 22.9 Å². The summed E-state index contributed by atoms with van der Waals surface area (Å²) < 4.78 is 31.3. The molecule has 7 rings (SSSR count). The molecular formula is C55H64N4O12. The molecule has 1 fully saturated rings. The molecule has 4 aromatic rings. The number of carbonyl (C=O) groups excluding carboxylic acids is 2. The van der Waals surface area contributed by atoms with Gasteiger partial charge in [-0.05, 0) is 109 Å². The molecule has 1 saturated carbocycles. The largest absolute Gasteiger partial charge is 0.497 e. The number of oxime groups is 1. The fourth-order valence-electron chi connectivity index (χ4n) is 10.2. The van der Waals surface area contributed by atoms with E-state index in [2.05, 4.69) is 18.0 Å². The number of hydrogen-bond donors (Lipinski definition) is 3. The van der Waals surface area contributed by atoms with Gasteiger partial charge in [-0.2, -0.15) is 0 Å². The maximum absolute atomic E-state index is 14.9. The van der Waals surface area contributed by atoms with E-state index >= 15 is 0 Å². The average molecular weight is 973 g/mol. The van der Waals surface area contributed by atoms with Crippen LogP contribution in [0.25, 0.3) is 6.08 Å². The summed E-state index contributed by atoms with van der Waals surface area (Å²) in [6.45, 7) is 6.65.